The van der Waals surface area contributed by atoms with Gasteiger partial charge in [0.1, 0.15) is 18.5 Å². The summed E-state index contributed by atoms with van der Waals surface area (Å²) in [4.78, 5) is 13.4. The van der Waals surface area contributed by atoms with Gasteiger partial charge in [0, 0.05) is 17.0 Å². The summed E-state index contributed by atoms with van der Waals surface area (Å²) in [6, 6.07) is 7.83. The molecule has 1 aromatic heterocycles. The molecule has 3 nitrogen and oxygen atoms in total. The Kier molecular flexibility index (Phi) is 3.80. The minimum absolute atomic E-state index is 0.0385. The van der Waals surface area contributed by atoms with Gasteiger partial charge in [0.25, 0.3) is 0 Å². The van der Waals surface area contributed by atoms with Gasteiger partial charge in [-0.3, -0.25) is 0 Å². The standard InChI is InChI=1S/C15H14FNO2S/c16-12-4-2-1-3-10(12)9-19-15(18)14-11-6-8-20-13(11)5-7-17-14/h1-4,6,8,14,17H,5,7,9H2. The molecule has 104 valence electrons. The molecule has 1 aromatic carbocycles. The summed E-state index contributed by atoms with van der Waals surface area (Å²) < 4.78 is 18.7. The number of fused-ring (bicyclic) bond motifs is 1. The summed E-state index contributed by atoms with van der Waals surface area (Å²) >= 11 is 1.66. The van der Waals surface area contributed by atoms with E-state index >= 15 is 0 Å². The maximum Gasteiger partial charge on any atom is 0.328 e. The summed E-state index contributed by atoms with van der Waals surface area (Å²) in [6.07, 6.45) is 0.935. The van der Waals surface area contributed by atoms with Crippen molar-refractivity contribution in [2.75, 3.05) is 6.54 Å². The summed E-state index contributed by atoms with van der Waals surface area (Å²) in [5, 5.41) is 5.13. The van der Waals surface area contributed by atoms with E-state index in [0.717, 1.165) is 18.5 Å². The van der Waals surface area contributed by atoms with E-state index in [1.165, 1.54) is 10.9 Å². The molecular weight excluding hydrogens is 277 g/mol. The van der Waals surface area contributed by atoms with Crippen LogP contribution in [0.25, 0.3) is 0 Å². The van der Waals surface area contributed by atoms with Gasteiger partial charge in [-0.05, 0) is 29.5 Å². The molecule has 0 amide bonds. The molecule has 0 aliphatic carbocycles. The van der Waals surface area contributed by atoms with E-state index in [2.05, 4.69) is 5.32 Å². The molecule has 0 saturated carbocycles. The zero-order valence-electron chi connectivity index (χ0n) is 10.8. The topological polar surface area (TPSA) is 38.3 Å². The molecule has 0 spiro atoms. The second-order valence-corrected chi connectivity index (χ2v) is 5.64. The van der Waals surface area contributed by atoms with E-state index < -0.39 is 6.04 Å². The van der Waals surface area contributed by atoms with Crippen molar-refractivity contribution in [1.29, 1.82) is 0 Å². The molecule has 2 heterocycles. The third-order valence-corrected chi connectivity index (χ3v) is 4.35. The van der Waals surface area contributed by atoms with Crippen LogP contribution in [0, 0.1) is 5.82 Å². The Morgan fingerprint density at radius 1 is 1.40 bits per heavy atom. The van der Waals surface area contributed by atoms with E-state index in [1.807, 2.05) is 11.4 Å². The van der Waals surface area contributed by atoms with Gasteiger partial charge in [-0.1, -0.05) is 18.2 Å². The number of carbonyl (C=O) groups excluding carboxylic acids is 1. The second kappa shape index (κ2) is 5.73. The first-order chi connectivity index (χ1) is 9.75. The molecule has 0 saturated heterocycles. The van der Waals surface area contributed by atoms with E-state index in [1.54, 1.807) is 29.5 Å². The predicted octanol–water partition coefficient (Wildman–Crippen LogP) is 2.82. The minimum Gasteiger partial charge on any atom is -0.459 e. The Hall–Kier alpha value is -1.72. The molecular formula is C15H14FNO2S. The normalized spacial score (nSPS) is 17.6. The van der Waals surface area contributed by atoms with E-state index in [9.17, 15) is 9.18 Å². The third kappa shape index (κ3) is 2.59. The highest BCUT2D eigenvalue weighted by molar-refractivity contribution is 7.10. The van der Waals surface area contributed by atoms with Crippen molar-refractivity contribution in [3.8, 4) is 0 Å². The monoisotopic (exact) mass is 291 g/mol. The van der Waals surface area contributed by atoms with Gasteiger partial charge in [-0.15, -0.1) is 11.3 Å². The van der Waals surface area contributed by atoms with Gasteiger partial charge >= 0.3 is 5.97 Å². The van der Waals surface area contributed by atoms with Crippen LogP contribution in [0.15, 0.2) is 35.7 Å². The lowest BCUT2D eigenvalue weighted by molar-refractivity contribution is -0.148. The lowest BCUT2D eigenvalue weighted by Crippen LogP contribution is -2.35. The van der Waals surface area contributed by atoms with Crippen LogP contribution in [-0.2, 0) is 22.6 Å². The fourth-order valence-electron chi connectivity index (χ4n) is 2.31. The first kappa shape index (κ1) is 13.3. The summed E-state index contributed by atoms with van der Waals surface area (Å²) in [6.45, 7) is 0.718. The van der Waals surface area contributed by atoms with Crippen LogP contribution in [0.2, 0.25) is 0 Å². The molecule has 2 aromatic rings. The summed E-state index contributed by atoms with van der Waals surface area (Å²) in [7, 11) is 0. The van der Waals surface area contributed by atoms with Crippen molar-refractivity contribution in [3.63, 3.8) is 0 Å². The number of rotatable bonds is 3. The first-order valence-electron chi connectivity index (χ1n) is 6.45. The first-order valence-corrected chi connectivity index (χ1v) is 7.33. The number of thiophene rings is 1. The average molecular weight is 291 g/mol. The maximum absolute atomic E-state index is 13.5. The third-order valence-electron chi connectivity index (χ3n) is 3.35. The Balaban J connectivity index is 1.68. The van der Waals surface area contributed by atoms with Crippen LogP contribution in [0.3, 0.4) is 0 Å². The fourth-order valence-corrected chi connectivity index (χ4v) is 3.23. The number of ether oxygens (including phenoxy) is 1. The molecule has 0 fully saturated rings. The molecule has 1 N–H and O–H groups in total. The zero-order valence-corrected chi connectivity index (χ0v) is 11.6. The number of carbonyl (C=O) groups is 1. The molecule has 3 rings (SSSR count). The number of hydrogen-bond donors (Lipinski definition) is 1. The van der Waals surface area contributed by atoms with Crippen molar-refractivity contribution >= 4 is 17.3 Å². The lowest BCUT2D eigenvalue weighted by atomic mass is 10.0. The molecule has 20 heavy (non-hydrogen) atoms. The van der Waals surface area contributed by atoms with Crippen molar-refractivity contribution in [1.82, 2.24) is 5.32 Å². The highest BCUT2D eigenvalue weighted by atomic mass is 32.1. The van der Waals surface area contributed by atoms with Gasteiger partial charge in [0.15, 0.2) is 0 Å². The summed E-state index contributed by atoms with van der Waals surface area (Å²) in [5.74, 6) is -0.708. The van der Waals surface area contributed by atoms with Crippen LogP contribution in [-0.4, -0.2) is 12.5 Å². The minimum atomic E-state index is -0.434. The highest BCUT2D eigenvalue weighted by Gasteiger charge is 2.28. The fraction of sp³-hybridized carbons (Fsp3) is 0.267. The Morgan fingerprint density at radius 2 is 2.25 bits per heavy atom. The van der Waals surface area contributed by atoms with Crippen LogP contribution in [0.5, 0.6) is 0 Å². The largest absolute Gasteiger partial charge is 0.459 e. The number of hydrogen-bond acceptors (Lipinski definition) is 4. The highest BCUT2D eigenvalue weighted by Crippen LogP contribution is 2.28. The second-order valence-electron chi connectivity index (χ2n) is 4.64. The van der Waals surface area contributed by atoms with Crippen LogP contribution in [0.4, 0.5) is 4.39 Å². The van der Waals surface area contributed by atoms with Crippen LogP contribution in [0.1, 0.15) is 22.0 Å². The molecule has 0 bridgehead atoms. The van der Waals surface area contributed by atoms with Crippen LogP contribution >= 0.6 is 11.3 Å². The van der Waals surface area contributed by atoms with E-state index in [0.29, 0.717) is 5.56 Å². The van der Waals surface area contributed by atoms with Gasteiger partial charge in [-0.2, -0.15) is 0 Å². The number of esters is 1. The number of benzene rings is 1. The Labute approximate surface area is 120 Å². The quantitative estimate of drug-likeness (QED) is 0.884. The molecule has 1 atom stereocenters. The van der Waals surface area contributed by atoms with Crippen LogP contribution < -0.4 is 5.32 Å². The van der Waals surface area contributed by atoms with Crippen molar-refractivity contribution < 1.29 is 13.9 Å². The zero-order chi connectivity index (χ0) is 13.9. The summed E-state index contributed by atoms with van der Waals surface area (Å²) in [5.41, 5.74) is 1.38. The molecule has 1 aliphatic heterocycles. The predicted molar refractivity (Wildman–Crippen MR) is 75.0 cm³/mol. The van der Waals surface area contributed by atoms with Crippen molar-refractivity contribution in [2.45, 2.75) is 19.1 Å². The molecule has 5 heteroatoms. The molecule has 1 unspecified atom stereocenters. The van der Waals surface area contributed by atoms with Gasteiger partial charge in [-0.25, -0.2) is 9.18 Å². The van der Waals surface area contributed by atoms with Crippen molar-refractivity contribution in [2.24, 2.45) is 0 Å². The number of halogens is 1. The number of nitrogens with one attached hydrogen (secondary N) is 1. The Morgan fingerprint density at radius 3 is 3.10 bits per heavy atom. The Bertz CT molecular complexity index is 626. The van der Waals surface area contributed by atoms with Gasteiger partial charge in [0.2, 0.25) is 0 Å². The molecule has 1 aliphatic rings. The molecule has 0 radical (unpaired) electrons. The SMILES string of the molecule is O=C(OCc1ccccc1F)C1NCCc2sccc21. The average Bonchev–Trinajstić information content (AvgIpc) is 2.94. The van der Waals surface area contributed by atoms with Crippen molar-refractivity contribution in [3.05, 3.63) is 57.5 Å². The van der Waals surface area contributed by atoms with Gasteiger partial charge < -0.3 is 10.1 Å². The van der Waals surface area contributed by atoms with E-state index in [-0.39, 0.29) is 18.4 Å². The maximum atomic E-state index is 13.5. The van der Waals surface area contributed by atoms with E-state index in [4.69, 9.17) is 4.74 Å². The smallest absolute Gasteiger partial charge is 0.328 e. The lowest BCUT2D eigenvalue weighted by Gasteiger charge is -2.22. The van der Waals surface area contributed by atoms with Gasteiger partial charge in [0.05, 0.1) is 0 Å².